The Morgan fingerprint density at radius 3 is 2.77 bits per heavy atom. The normalized spacial score (nSPS) is 19.8. The fourth-order valence-corrected chi connectivity index (χ4v) is 5.13. The zero-order chi connectivity index (χ0) is 22.2. The first-order valence-corrected chi connectivity index (χ1v) is 12.3. The second kappa shape index (κ2) is 11.7. The minimum atomic E-state index is -0.156. The van der Waals surface area contributed by atoms with Gasteiger partial charge in [-0.25, -0.2) is 4.98 Å². The van der Waals surface area contributed by atoms with Gasteiger partial charge in [0.2, 0.25) is 0 Å². The van der Waals surface area contributed by atoms with E-state index in [9.17, 15) is 9.59 Å². The lowest BCUT2D eigenvalue weighted by atomic mass is 9.95. The van der Waals surface area contributed by atoms with Crippen LogP contribution in [-0.4, -0.2) is 74.0 Å². The second-order valence-corrected chi connectivity index (χ2v) is 9.45. The molecule has 31 heavy (non-hydrogen) atoms. The van der Waals surface area contributed by atoms with Crippen LogP contribution in [0.2, 0.25) is 0 Å². The minimum Gasteiger partial charge on any atom is -0.469 e. The molecule has 7 nitrogen and oxygen atoms in total. The van der Waals surface area contributed by atoms with Gasteiger partial charge >= 0.3 is 5.97 Å². The van der Waals surface area contributed by atoms with Crippen molar-refractivity contribution in [2.75, 3.05) is 51.1 Å². The summed E-state index contributed by atoms with van der Waals surface area (Å²) in [4.78, 5) is 34.0. The zero-order valence-electron chi connectivity index (χ0n) is 19.0. The molecule has 2 aliphatic heterocycles. The maximum atomic E-state index is 13.3. The average Bonchev–Trinajstić information content (AvgIpc) is 2.82. The van der Waals surface area contributed by atoms with Crippen LogP contribution in [0.1, 0.15) is 55.8 Å². The summed E-state index contributed by atoms with van der Waals surface area (Å²) in [7, 11) is 3.33. The number of hydrogen-bond acceptors (Lipinski definition) is 7. The number of amides is 1. The van der Waals surface area contributed by atoms with Crippen molar-refractivity contribution in [1.82, 2.24) is 9.88 Å². The molecular formula is C23H35N3O4S. The van der Waals surface area contributed by atoms with Crippen LogP contribution in [0.4, 0.5) is 5.82 Å². The van der Waals surface area contributed by atoms with Crippen LogP contribution in [-0.2, 0) is 14.3 Å². The predicted molar refractivity (Wildman–Crippen MR) is 123 cm³/mol. The quantitative estimate of drug-likeness (QED) is 0.443. The van der Waals surface area contributed by atoms with Crippen LogP contribution >= 0.6 is 11.8 Å². The molecule has 0 unspecified atom stereocenters. The van der Waals surface area contributed by atoms with Gasteiger partial charge in [-0.15, -0.1) is 11.8 Å². The van der Waals surface area contributed by atoms with E-state index in [0.717, 1.165) is 61.8 Å². The summed E-state index contributed by atoms with van der Waals surface area (Å²) in [6.45, 7) is 5.25. The van der Waals surface area contributed by atoms with E-state index in [4.69, 9.17) is 14.5 Å². The Labute approximate surface area is 189 Å². The van der Waals surface area contributed by atoms with Gasteiger partial charge in [-0.1, -0.05) is 6.92 Å². The van der Waals surface area contributed by atoms with E-state index in [0.29, 0.717) is 25.2 Å². The number of methoxy groups -OCH3 is 1. The standard InChI is InChI=1S/C23H35N3O4S/c1-4-14-31-22-19(23(28)25(2)18-9-12-30-13-10-18)7-8-20(24-22)26-11-5-6-17(16-26)15-21(27)29-3/h7-8,17-18H,4-6,9-16H2,1-3H3/t17-/m0/s1. The highest BCUT2D eigenvalue weighted by Crippen LogP contribution is 2.30. The van der Waals surface area contributed by atoms with Crippen molar-refractivity contribution in [2.24, 2.45) is 5.92 Å². The van der Waals surface area contributed by atoms with E-state index in [2.05, 4.69) is 11.8 Å². The third-order valence-electron chi connectivity index (χ3n) is 6.10. The van der Waals surface area contributed by atoms with Crippen molar-refractivity contribution in [3.8, 4) is 0 Å². The molecule has 0 spiro atoms. The summed E-state index contributed by atoms with van der Waals surface area (Å²) in [5.74, 6) is 1.96. The summed E-state index contributed by atoms with van der Waals surface area (Å²) in [6.07, 6.45) is 5.26. The number of aromatic nitrogens is 1. The largest absolute Gasteiger partial charge is 0.469 e. The molecule has 0 bridgehead atoms. The van der Waals surface area contributed by atoms with Crippen LogP contribution in [0.25, 0.3) is 0 Å². The lowest BCUT2D eigenvalue weighted by molar-refractivity contribution is -0.141. The molecule has 0 aliphatic carbocycles. The Morgan fingerprint density at radius 2 is 2.06 bits per heavy atom. The van der Waals surface area contributed by atoms with Gasteiger partial charge in [0, 0.05) is 45.8 Å². The summed E-state index contributed by atoms with van der Waals surface area (Å²) in [5, 5.41) is 0.804. The minimum absolute atomic E-state index is 0.0340. The zero-order valence-corrected chi connectivity index (χ0v) is 19.8. The third-order valence-corrected chi connectivity index (χ3v) is 7.30. The van der Waals surface area contributed by atoms with Crippen LogP contribution in [0, 0.1) is 5.92 Å². The number of ether oxygens (including phenoxy) is 2. The molecule has 1 atom stereocenters. The molecule has 2 aliphatic rings. The number of carbonyl (C=O) groups is 2. The van der Waals surface area contributed by atoms with E-state index in [1.54, 1.807) is 11.8 Å². The van der Waals surface area contributed by atoms with Crippen molar-refractivity contribution in [1.29, 1.82) is 0 Å². The SMILES string of the molecule is CCCSc1nc(N2CCC[C@@H](CC(=O)OC)C2)ccc1C(=O)N(C)C1CCOCC1. The number of thioether (sulfide) groups is 1. The predicted octanol–water partition coefficient (Wildman–Crippen LogP) is 3.61. The number of carbonyl (C=O) groups excluding carboxylic acids is 2. The third kappa shape index (κ3) is 6.35. The summed E-state index contributed by atoms with van der Waals surface area (Å²) < 4.78 is 10.3. The van der Waals surface area contributed by atoms with E-state index in [-0.39, 0.29) is 23.8 Å². The highest BCUT2D eigenvalue weighted by Gasteiger charge is 2.27. The average molecular weight is 450 g/mol. The Kier molecular flexibility index (Phi) is 9.02. The molecular weight excluding hydrogens is 414 g/mol. The van der Waals surface area contributed by atoms with Crippen LogP contribution in [0.5, 0.6) is 0 Å². The van der Waals surface area contributed by atoms with E-state index in [1.807, 2.05) is 24.1 Å². The Hall–Kier alpha value is -1.80. The van der Waals surface area contributed by atoms with Crippen molar-refractivity contribution in [3.63, 3.8) is 0 Å². The van der Waals surface area contributed by atoms with Crippen LogP contribution < -0.4 is 4.90 Å². The Morgan fingerprint density at radius 1 is 1.29 bits per heavy atom. The van der Waals surface area contributed by atoms with E-state index in [1.165, 1.54) is 7.11 Å². The molecule has 0 radical (unpaired) electrons. The highest BCUT2D eigenvalue weighted by molar-refractivity contribution is 7.99. The fraction of sp³-hybridized carbons (Fsp3) is 0.696. The van der Waals surface area contributed by atoms with Gasteiger partial charge in [0.15, 0.2) is 0 Å². The van der Waals surface area contributed by atoms with Crippen molar-refractivity contribution >= 4 is 29.5 Å². The highest BCUT2D eigenvalue weighted by atomic mass is 32.2. The molecule has 2 fully saturated rings. The Balaban J connectivity index is 1.77. The van der Waals surface area contributed by atoms with Crippen LogP contribution in [0.15, 0.2) is 17.2 Å². The van der Waals surface area contributed by atoms with Crippen LogP contribution in [0.3, 0.4) is 0 Å². The summed E-state index contributed by atoms with van der Waals surface area (Å²) >= 11 is 1.65. The second-order valence-electron chi connectivity index (χ2n) is 8.36. The molecule has 0 N–H and O–H groups in total. The van der Waals surface area contributed by atoms with Crippen molar-refractivity contribution in [3.05, 3.63) is 17.7 Å². The maximum absolute atomic E-state index is 13.3. The van der Waals surface area contributed by atoms with Gasteiger partial charge in [-0.3, -0.25) is 9.59 Å². The number of anilines is 1. The Bertz CT molecular complexity index is 754. The molecule has 1 aromatic heterocycles. The van der Waals surface area contributed by atoms with E-state index >= 15 is 0 Å². The summed E-state index contributed by atoms with van der Waals surface area (Å²) in [5.41, 5.74) is 0.680. The van der Waals surface area contributed by atoms with Gasteiger partial charge < -0.3 is 19.3 Å². The molecule has 3 heterocycles. The molecule has 1 amide bonds. The van der Waals surface area contributed by atoms with Gasteiger partial charge in [0.1, 0.15) is 10.8 Å². The molecule has 8 heteroatoms. The molecule has 0 aromatic carbocycles. The van der Waals surface area contributed by atoms with Crippen molar-refractivity contribution < 1.29 is 19.1 Å². The first-order chi connectivity index (χ1) is 15.0. The number of esters is 1. The molecule has 0 saturated carbocycles. The number of piperidine rings is 1. The monoisotopic (exact) mass is 449 g/mol. The number of hydrogen-bond donors (Lipinski definition) is 0. The van der Waals surface area contributed by atoms with Gasteiger partial charge in [0.25, 0.3) is 5.91 Å². The number of rotatable bonds is 8. The topological polar surface area (TPSA) is 72.0 Å². The summed E-state index contributed by atoms with van der Waals surface area (Å²) in [6, 6.07) is 4.11. The first-order valence-electron chi connectivity index (χ1n) is 11.3. The first kappa shape index (κ1) is 23.9. The molecule has 1 aromatic rings. The number of nitrogens with zero attached hydrogens (tertiary/aromatic N) is 3. The smallest absolute Gasteiger partial charge is 0.305 e. The lowest BCUT2D eigenvalue weighted by Gasteiger charge is -2.34. The molecule has 172 valence electrons. The van der Waals surface area contributed by atoms with Gasteiger partial charge in [-0.05, 0) is 55.9 Å². The van der Waals surface area contributed by atoms with Crippen molar-refractivity contribution in [2.45, 2.75) is 56.5 Å². The molecule has 3 rings (SSSR count). The van der Waals surface area contributed by atoms with E-state index < -0.39 is 0 Å². The van der Waals surface area contributed by atoms with Gasteiger partial charge in [-0.2, -0.15) is 0 Å². The van der Waals surface area contributed by atoms with Gasteiger partial charge in [0.05, 0.1) is 12.7 Å². The fourth-order valence-electron chi connectivity index (χ4n) is 4.27. The molecule has 2 saturated heterocycles. The number of pyridine rings is 1. The lowest BCUT2D eigenvalue weighted by Crippen LogP contribution is -2.41. The maximum Gasteiger partial charge on any atom is 0.305 e.